The fourth-order valence-electron chi connectivity index (χ4n) is 6.01. The zero-order valence-corrected chi connectivity index (χ0v) is 31.2. The van der Waals surface area contributed by atoms with Crippen molar-refractivity contribution in [2.45, 2.75) is 219 Å². The molecule has 0 bridgehead atoms. The molecule has 3 N–H and O–H groups in total. The Morgan fingerprint density at radius 2 is 0.717 bits per heavy atom. The van der Waals surface area contributed by atoms with Crippen LogP contribution in [0.4, 0.5) is 0 Å². The molecule has 0 aromatic rings. The van der Waals surface area contributed by atoms with Gasteiger partial charge in [0.1, 0.15) is 0 Å². The molecule has 0 aliphatic rings. The summed E-state index contributed by atoms with van der Waals surface area (Å²) >= 11 is 0. The van der Waals surface area contributed by atoms with E-state index >= 15 is 0 Å². The van der Waals surface area contributed by atoms with E-state index in [0.717, 1.165) is 36.9 Å². The van der Waals surface area contributed by atoms with E-state index in [1.165, 1.54) is 154 Å². The maximum Gasteiger partial charge on any atom is 0.350 e. The summed E-state index contributed by atoms with van der Waals surface area (Å²) in [6.07, 6.45) is 38.9. The highest BCUT2D eigenvalue weighted by atomic mass is 31.2. The van der Waals surface area contributed by atoms with Crippen molar-refractivity contribution in [2.75, 3.05) is 0 Å². The van der Waals surface area contributed by atoms with Crippen molar-refractivity contribution in [3.8, 4) is 0 Å². The Hall–Kier alpha value is -1.17. The molecule has 0 radical (unpaired) electrons. The third kappa shape index (κ3) is 32.8. The van der Waals surface area contributed by atoms with Gasteiger partial charge in [-0.1, -0.05) is 194 Å². The summed E-state index contributed by atoms with van der Waals surface area (Å²) in [6.45, 7) is 4.52. The SMILES string of the molecule is CCCCCCCCCCCCCCCCCC(=O)N(NC=CP(=O)(O)O)C(=O)CCCCCCCCCCCCCCCCC. The van der Waals surface area contributed by atoms with E-state index in [1.807, 2.05) is 0 Å². The van der Waals surface area contributed by atoms with Crippen LogP contribution in [0.5, 0.6) is 0 Å². The maximum absolute atomic E-state index is 12.8. The first-order valence-electron chi connectivity index (χ1n) is 19.7. The lowest BCUT2D eigenvalue weighted by molar-refractivity contribution is -0.147. The Balaban J connectivity index is 4.04. The first kappa shape index (κ1) is 44.8. The number of rotatable bonds is 35. The molecule has 0 aliphatic heterocycles. The van der Waals surface area contributed by atoms with Gasteiger partial charge in [0, 0.05) is 24.9 Å². The molecule has 8 heteroatoms. The Bertz CT molecular complexity index is 724. The molecular weight excluding hydrogens is 595 g/mol. The van der Waals surface area contributed by atoms with E-state index in [-0.39, 0.29) is 24.7 Å². The molecule has 2 amide bonds. The molecule has 0 aromatic carbocycles. The number of hydrazine groups is 1. The van der Waals surface area contributed by atoms with Gasteiger partial charge >= 0.3 is 7.60 Å². The molecule has 0 saturated heterocycles. The quantitative estimate of drug-likeness (QED) is 0.0352. The van der Waals surface area contributed by atoms with Crippen LogP contribution in [0.1, 0.15) is 219 Å². The average molecular weight is 671 g/mol. The first-order chi connectivity index (χ1) is 22.3. The molecule has 0 atom stereocenters. The molecule has 0 aliphatic carbocycles. The molecular formula is C38H75N2O5P. The Kier molecular flexibility index (Phi) is 32.9. The van der Waals surface area contributed by atoms with Crippen LogP contribution in [0.2, 0.25) is 0 Å². The summed E-state index contributed by atoms with van der Waals surface area (Å²) in [6, 6.07) is 0. The average Bonchev–Trinajstić information content (AvgIpc) is 3.02. The molecule has 0 saturated carbocycles. The maximum atomic E-state index is 12.8. The lowest BCUT2D eigenvalue weighted by Gasteiger charge is -2.20. The summed E-state index contributed by atoms with van der Waals surface area (Å²) in [5, 5.41) is 0.958. The van der Waals surface area contributed by atoms with Crippen LogP contribution >= 0.6 is 7.60 Å². The van der Waals surface area contributed by atoms with Crippen LogP contribution in [0.25, 0.3) is 0 Å². The number of nitrogens with zero attached hydrogens (tertiary/aromatic N) is 1. The van der Waals surface area contributed by atoms with Crippen molar-refractivity contribution in [1.82, 2.24) is 10.4 Å². The molecule has 0 aromatic heterocycles. The van der Waals surface area contributed by atoms with Crippen LogP contribution in [0, 0.1) is 0 Å². The number of carbonyl (C=O) groups excluding carboxylic acids is 2. The minimum atomic E-state index is -4.38. The number of unbranched alkanes of at least 4 members (excludes halogenated alkanes) is 28. The molecule has 0 fully saturated rings. The lowest BCUT2D eigenvalue weighted by Crippen LogP contribution is -2.44. The monoisotopic (exact) mass is 671 g/mol. The molecule has 272 valence electrons. The van der Waals surface area contributed by atoms with E-state index in [2.05, 4.69) is 19.3 Å². The van der Waals surface area contributed by atoms with Crippen LogP contribution in [0.15, 0.2) is 12.0 Å². The van der Waals surface area contributed by atoms with Gasteiger partial charge in [-0.2, -0.15) is 5.01 Å². The zero-order valence-electron chi connectivity index (χ0n) is 30.3. The van der Waals surface area contributed by atoms with E-state index in [9.17, 15) is 14.2 Å². The van der Waals surface area contributed by atoms with Gasteiger partial charge in [-0.05, 0) is 12.8 Å². The van der Waals surface area contributed by atoms with Crippen molar-refractivity contribution < 1.29 is 23.9 Å². The summed E-state index contributed by atoms with van der Waals surface area (Å²) < 4.78 is 11.2. The third-order valence-electron chi connectivity index (χ3n) is 8.96. The molecule has 7 nitrogen and oxygen atoms in total. The molecule has 0 unspecified atom stereocenters. The summed E-state index contributed by atoms with van der Waals surface area (Å²) in [5.74, 6) is 0.00827. The van der Waals surface area contributed by atoms with E-state index < -0.39 is 7.60 Å². The Labute approximate surface area is 284 Å². The second-order valence-corrected chi connectivity index (χ2v) is 15.0. The van der Waals surface area contributed by atoms with Crippen molar-refractivity contribution >= 4 is 19.4 Å². The molecule has 0 heterocycles. The van der Waals surface area contributed by atoms with Gasteiger partial charge < -0.3 is 9.79 Å². The van der Waals surface area contributed by atoms with E-state index in [1.54, 1.807) is 0 Å². The second kappa shape index (κ2) is 33.7. The fourth-order valence-corrected chi connectivity index (χ4v) is 6.27. The van der Waals surface area contributed by atoms with Gasteiger partial charge in [-0.15, -0.1) is 0 Å². The van der Waals surface area contributed by atoms with Crippen LogP contribution in [0.3, 0.4) is 0 Å². The van der Waals surface area contributed by atoms with Crippen LogP contribution in [-0.4, -0.2) is 26.6 Å². The number of hydrogen-bond acceptors (Lipinski definition) is 4. The first-order valence-corrected chi connectivity index (χ1v) is 21.3. The third-order valence-corrected chi connectivity index (χ3v) is 9.50. The summed E-state index contributed by atoms with van der Waals surface area (Å²) in [5.41, 5.74) is 2.54. The number of hydrogen-bond donors (Lipinski definition) is 3. The van der Waals surface area contributed by atoms with Gasteiger partial charge in [0.15, 0.2) is 0 Å². The van der Waals surface area contributed by atoms with Crippen molar-refractivity contribution in [2.24, 2.45) is 0 Å². The standard InChI is InChI=1S/C38H75N2O5P/c1-3-5-7-9-11-13-15-17-19-21-23-25-27-29-31-33-37(41)40(39-35-36-46(43,44)45)38(42)34-32-30-28-26-24-22-20-18-16-14-12-10-8-6-4-2/h35-36,39H,3-34H2,1-2H3,(H2,43,44,45). The van der Waals surface area contributed by atoms with E-state index in [4.69, 9.17) is 9.79 Å². The Morgan fingerprint density at radius 3 is 0.957 bits per heavy atom. The summed E-state index contributed by atoms with van der Waals surface area (Å²) in [4.78, 5) is 43.9. The van der Waals surface area contributed by atoms with Crippen LogP contribution in [-0.2, 0) is 14.2 Å². The number of carbonyl (C=O) groups is 2. The smallest absolute Gasteiger partial charge is 0.321 e. The summed E-state index contributed by atoms with van der Waals surface area (Å²) in [7, 11) is -4.38. The highest BCUT2D eigenvalue weighted by Crippen LogP contribution is 2.35. The predicted octanol–water partition coefficient (Wildman–Crippen LogP) is 12.0. The highest BCUT2D eigenvalue weighted by Gasteiger charge is 2.20. The van der Waals surface area contributed by atoms with Gasteiger partial charge in [0.2, 0.25) is 11.8 Å². The Morgan fingerprint density at radius 1 is 0.478 bits per heavy atom. The minimum Gasteiger partial charge on any atom is -0.321 e. The lowest BCUT2D eigenvalue weighted by atomic mass is 10.0. The number of nitrogens with one attached hydrogen (secondary N) is 1. The van der Waals surface area contributed by atoms with Gasteiger partial charge in [0.05, 0.1) is 0 Å². The molecule has 46 heavy (non-hydrogen) atoms. The second-order valence-electron chi connectivity index (χ2n) is 13.6. The zero-order chi connectivity index (χ0) is 34.0. The molecule has 0 spiro atoms. The highest BCUT2D eigenvalue weighted by molar-refractivity contribution is 7.55. The topological polar surface area (TPSA) is 107 Å². The van der Waals surface area contributed by atoms with Gasteiger partial charge in [-0.3, -0.25) is 19.6 Å². The number of imide groups is 1. The predicted molar refractivity (Wildman–Crippen MR) is 195 cm³/mol. The minimum absolute atomic E-state index is 0.250. The normalized spacial score (nSPS) is 11.8. The van der Waals surface area contributed by atoms with Crippen molar-refractivity contribution in [3.05, 3.63) is 12.0 Å². The molecule has 0 rings (SSSR count). The van der Waals surface area contributed by atoms with Crippen molar-refractivity contribution in [3.63, 3.8) is 0 Å². The fraction of sp³-hybridized carbons (Fsp3) is 0.895. The van der Waals surface area contributed by atoms with Crippen molar-refractivity contribution in [1.29, 1.82) is 0 Å². The van der Waals surface area contributed by atoms with Gasteiger partial charge in [0.25, 0.3) is 0 Å². The largest absolute Gasteiger partial charge is 0.350 e. The number of amides is 2. The van der Waals surface area contributed by atoms with Crippen LogP contribution < -0.4 is 5.43 Å². The van der Waals surface area contributed by atoms with Gasteiger partial charge in [-0.25, -0.2) is 0 Å². The van der Waals surface area contributed by atoms with E-state index in [0.29, 0.717) is 18.7 Å².